The van der Waals surface area contributed by atoms with E-state index in [0.29, 0.717) is 11.3 Å². The predicted octanol–water partition coefficient (Wildman–Crippen LogP) is 3.20. The number of nitrogens with two attached hydrogens (primary N) is 1. The smallest absolute Gasteiger partial charge is 0.234 e. The number of halogens is 1. The highest BCUT2D eigenvalue weighted by Gasteiger charge is 2.29. The molecule has 110 valence electrons. The molecule has 1 amide bonds. The van der Waals surface area contributed by atoms with E-state index in [1.54, 1.807) is 6.07 Å². The summed E-state index contributed by atoms with van der Waals surface area (Å²) in [5, 5.41) is 2.82. The first kappa shape index (κ1) is 15.2. The number of amides is 1. The van der Waals surface area contributed by atoms with Crippen molar-refractivity contribution in [2.24, 2.45) is 5.73 Å². The van der Waals surface area contributed by atoms with Crippen molar-refractivity contribution in [2.75, 3.05) is 5.32 Å². The second kappa shape index (κ2) is 6.06. The van der Waals surface area contributed by atoms with Crippen LogP contribution in [0.15, 0.2) is 48.5 Å². The van der Waals surface area contributed by atoms with Crippen molar-refractivity contribution in [1.82, 2.24) is 0 Å². The standard InChI is InChI=1S/C17H19FN2O/c1-17(2,13-6-4-3-5-7-13)16(21)20-14-8-9-15(18)12(10-14)11-19/h3-10H,11,19H2,1-2H3,(H,20,21). The molecule has 0 unspecified atom stereocenters. The molecule has 2 aromatic carbocycles. The van der Waals surface area contributed by atoms with Crippen LogP contribution >= 0.6 is 0 Å². The summed E-state index contributed by atoms with van der Waals surface area (Å²) in [6.45, 7) is 3.80. The van der Waals surface area contributed by atoms with Gasteiger partial charge in [-0.2, -0.15) is 0 Å². The summed E-state index contributed by atoms with van der Waals surface area (Å²) in [7, 11) is 0. The highest BCUT2D eigenvalue weighted by molar-refractivity contribution is 5.98. The maximum Gasteiger partial charge on any atom is 0.234 e. The number of hydrogen-bond donors (Lipinski definition) is 2. The monoisotopic (exact) mass is 286 g/mol. The van der Waals surface area contributed by atoms with E-state index >= 15 is 0 Å². The fourth-order valence-electron chi connectivity index (χ4n) is 2.08. The lowest BCUT2D eigenvalue weighted by atomic mass is 9.83. The second-order valence-electron chi connectivity index (χ2n) is 5.46. The van der Waals surface area contributed by atoms with Crippen LogP contribution in [0.25, 0.3) is 0 Å². The zero-order valence-corrected chi connectivity index (χ0v) is 12.2. The Morgan fingerprint density at radius 3 is 2.48 bits per heavy atom. The molecular formula is C17H19FN2O. The third-order valence-corrected chi connectivity index (χ3v) is 3.59. The molecule has 0 aliphatic carbocycles. The average Bonchev–Trinajstić information content (AvgIpc) is 2.50. The van der Waals surface area contributed by atoms with E-state index in [0.717, 1.165) is 5.56 Å². The van der Waals surface area contributed by atoms with Crippen molar-refractivity contribution in [3.8, 4) is 0 Å². The van der Waals surface area contributed by atoms with Crippen molar-refractivity contribution in [1.29, 1.82) is 0 Å². The van der Waals surface area contributed by atoms with E-state index in [4.69, 9.17) is 5.73 Å². The van der Waals surface area contributed by atoms with Crippen molar-refractivity contribution >= 4 is 11.6 Å². The van der Waals surface area contributed by atoms with Gasteiger partial charge in [-0.1, -0.05) is 30.3 Å². The third-order valence-electron chi connectivity index (χ3n) is 3.59. The molecule has 0 saturated heterocycles. The first-order valence-electron chi connectivity index (χ1n) is 6.80. The Labute approximate surface area is 124 Å². The van der Waals surface area contributed by atoms with Crippen molar-refractivity contribution in [3.63, 3.8) is 0 Å². The Morgan fingerprint density at radius 1 is 1.19 bits per heavy atom. The molecule has 4 heteroatoms. The first-order valence-corrected chi connectivity index (χ1v) is 6.80. The molecular weight excluding hydrogens is 267 g/mol. The quantitative estimate of drug-likeness (QED) is 0.907. The van der Waals surface area contributed by atoms with Gasteiger partial charge in [-0.25, -0.2) is 4.39 Å². The van der Waals surface area contributed by atoms with Gasteiger partial charge >= 0.3 is 0 Å². The number of nitrogens with one attached hydrogen (secondary N) is 1. The van der Waals surface area contributed by atoms with Gasteiger partial charge in [0.15, 0.2) is 0 Å². The van der Waals surface area contributed by atoms with Gasteiger partial charge in [-0.15, -0.1) is 0 Å². The van der Waals surface area contributed by atoms with Gasteiger partial charge in [0.1, 0.15) is 5.82 Å². The normalized spacial score (nSPS) is 11.2. The number of anilines is 1. The minimum absolute atomic E-state index is 0.0949. The van der Waals surface area contributed by atoms with Gasteiger partial charge in [0.05, 0.1) is 5.41 Å². The number of carbonyl (C=O) groups excluding carboxylic acids is 1. The molecule has 0 bridgehead atoms. The summed E-state index contributed by atoms with van der Waals surface area (Å²) in [6, 6.07) is 13.9. The van der Waals surface area contributed by atoms with Gasteiger partial charge in [0.25, 0.3) is 0 Å². The summed E-state index contributed by atoms with van der Waals surface area (Å²) >= 11 is 0. The van der Waals surface area contributed by atoms with Crippen LogP contribution in [-0.4, -0.2) is 5.91 Å². The lowest BCUT2D eigenvalue weighted by Gasteiger charge is -2.24. The zero-order chi connectivity index (χ0) is 15.5. The number of rotatable bonds is 4. The molecule has 0 saturated carbocycles. The van der Waals surface area contributed by atoms with Crippen LogP contribution in [-0.2, 0) is 16.8 Å². The fraction of sp³-hybridized carbons (Fsp3) is 0.235. The van der Waals surface area contributed by atoms with Crippen LogP contribution in [0.5, 0.6) is 0 Å². The average molecular weight is 286 g/mol. The van der Waals surface area contributed by atoms with Crippen molar-refractivity contribution in [3.05, 3.63) is 65.5 Å². The summed E-state index contributed by atoms with van der Waals surface area (Å²) in [5.41, 5.74) is 6.64. The van der Waals surface area contributed by atoms with Gasteiger partial charge in [0.2, 0.25) is 5.91 Å². The van der Waals surface area contributed by atoms with Crippen LogP contribution in [0.4, 0.5) is 10.1 Å². The van der Waals surface area contributed by atoms with Crippen molar-refractivity contribution < 1.29 is 9.18 Å². The number of benzene rings is 2. The molecule has 3 N–H and O–H groups in total. The van der Waals surface area contributed by atoms with Gasteiger partial charge in [0, 0.05) is 17.8 Å². The zero-order valence-electron chi connectivity index (χ0n) is 12.2. The molecule has 2 rings (SSSR count). The largest absolute Gasteiger partial charge is 0.326 e. The minimum atomic E-state index is -0.682. The van der Waals surface area contributed by atoms with Gasteiger partial charge in [-0.05, 0) is 37.6 Å². The van der Waals surface area contributed by atoms with Gasteiger partial charge in [-0.3, -0.25) is 4.79 Å². The van der Waals surface area contributed by atoms with Gasteiger partial charge < -0.3 is 11.1 Å². The summed E-state index contributed by atoms with van der Waals surface area (Å²) in [5.74, 6) is -0.513. The maximum atomic E-state index is 13.4. The summed E-state index contributed by atoms with van der Waals surface area (Å²) in [4.78, 5) is 12.5. The molecule has 0 atom stereocenters. The van der Waals surface area contributed by atoms with E-state index in [9.17, 15) is 9.18 Å². The Bertz CT molecular complexity index is 638. The number of hydrogen-bond acceptors (Lipinski definition) is 2. The van der Waals surface area contributed by atoms with Crippen LogP contribution in [0.1, 0.15) is 25.0 Å². The van der Waals surface area contributed by atoms with E-state index in [1.807, 2.05) is 44.2 Å². The SMILES string of the molecule is CC(C)(C(=O)Nc1ccc(F)c(CN)c1)c1ccccc1. The van der Waals surface area contributed by atoms with Crippen LogP contribution in [0.2, 0.25) is 0 Å². The summed E-state index contributed by atoms with van der Waals surface area (Å²) < 4.78 is 13.4. The molecule has 0 spiro atoms. The molecule has 0 aromatic heterocycles. The van der Waals surface area contributed by atoms with Crippen LogP contribution in [0, 0.1) is 5.82 Å². The second-order valence-corrected chi connectivity index (χ2v) is 5.46. The molecule has 0 heterocycles. The molecule has 21 heavy (non-hydrogen) atoms. The van der Waals surface area contributed by atoms with E-state index in [-0.39, 0.29) is 18.3 Å². The Hall–Kier alpha value is -2.20. The van der Waals surface area contributed by atoms with Crippen LogP contribution < -0.4 is 11.1 Å². The molecule has 0 radical (unpaired) electrons. The maximum absolute atomic E-state index is 13.4. The fourth-order valence-corrected chi connectivity index (χ4v) is 2.08. The van der Waals surface area contributed by atoms with Crippen molar-refractivity contribution in [2.45, 2.75) is 25.8 Å². The highest BCUT2D eigenvalue weighted by atomic mass is 19.1. The lowest BCUT2D eigenvalue weighted by molar-refractivity contribution is -0.120. The highest BCUT2D eigenvalue weighted by Crippen LogP contribution is 2.25. The Morgan fingerprint density at radius 2 is 1.86 bits per heavy atom. The lowest BCUT2D eigenvalue weighted by Crippen LogP contribution is -2.34. The predicted molar refractivity (Wildman–Crippen MR) is 82.4 cm³/mol. The summed E-state index contributed by atoms with van der Waals surface area (Å²) in [6.07, 6.45) is 0. The topological polar surface area (TPSA) is 55.1 Å². The first-order chi connectivity index (χ1) is 9.95. The minimum Gasteiger partial charge on any atom is -0.326 e. The molecule has 3 nitrogen and oxygen atoms in total. The molecule has 0 aliphatic heterocycles. The Balaban J connectivity index is 2.21. The van der Waals surface area contributed by atoms with Crippen LogP contribution in [0.3, 0.4) is 0 Å². The van der Waals surface area contributed by atoms with E-state index in [2.05, 4.69) is 5.32 Å². The van der Waals surface area contributed by atoms with E-state index < -0.39 is 5.41 Å². The third kappa shape index (κ3) is 3.28. The van der Waals surface area contributed by atoms with E-state index in [1.165, 1.54) is 12.1 Å². The molecule has 2 aromatic rings. The Kier molecular flexibility index (Phi) is 4.38. The molecule has 0 fully saturated rings. The molecule has 0 aliphatic rings. The number of carbonyl (C=O) groups is 1.